The van der Waals surface area contributed by atoms with Gasteiger partial charge >= 0.3 is 18.0 Å². The summed E-state index contributed by atoms with van der Waals surface area (Å²) in [6.45, 7) is 6.70. The average Bonchev–Trinajstić information content (AvgIpc) is 2.99. The fraction of sp³-hybridized carbons (Fsp3) is 0.367. The van der Waals surface area contributed by atoms with Crippen LogP contribution in [0, 0.1) is 0 Å². The maximum absolute atomic E-state index is 12.6. The molecule has 0 aromatic heterocycles. The van der Waals surface area contributed by atoms with Gasteiger partial charge in [-0.15, -0.1) is 0 Å². The van der Waals surface area contributed by atoms with E-state index < -0.39 is 36.5 Å². The van der Waals surface area contributed by atoms with Crippen molar-refractivity contribution in [2.24, 2.45) is 5.10 Å². The maximum atomic E-state index is 12.6. The van der Waals surface area contributed by atoms with Crippen LogP contribution in [0.3, 0.4) is 0 Å². The number of esters is 2. The predicted octanol–water partition coefficient (Wildman–Crippen LogP) is 3.41. The summed E-state index contributed by atoms with van der Waals surface area (Å²) in [7, 11) is 1.42. The van der Waals surface area contributed by atoms with Gasteiger partial charge in [-0.2, -0.15) is 5.10 Å². The van der Waals surface area contributed by atoms with E-state index in [0.29, 0.717) is 23.4 Å². The Morgan fingerprint density at radius 1 is 0.956 bits per heavy atom. The van der Waals surface area contributed by atoms with Gasteiger partial charge in [-0.1, -0.05) is 17.7 Å². The fourth-order valence-corrected chi connectivity index (χ4v) is 4.43. The summed E-state index contributed by atoms with van der Waals surface area (Å²) in [4.78, 5) is 48.9. The van der Waals surface area contributed by atoms with E-state index in [1.54, 1.807) is 52.0 Å². The lowest BCUT2D eigenvalue weighted by Crippen LogP contribution is -2.45. The molecular weight excluding hydrogens is 612 g/mol. The highest BCUT2D eigenvalue weighted by atomic mass is 35.5. The number of urea groups is 1. The minimum Gasteiger partial charge on any atom is -0.493 e. The largest absolute Gasteiger partial charge is 0.493 e. The Balaban J connectivity index is 1.66. The van der Waals surface area contributed by atoms with Gasteiger partial charge in [0.2, 0.25) is 0 Å². The molecule has 15 heteroatoms. The number of amides is 3. The molecule has 3 rings (SSSR count). The molecule has 0 aliphatic carbocycles. The summed E-state index contributed by atoms with van der Waals surface area (Å²) in [6.07, 6.45) is 1.35. The lowest BCUT2D eigenvalue weighted by molar-refractivity contribution is -0.145. The highest BCUT2D eigenvalue weighted by Gasteiger charge is 2.32. The van der Waals surface area contributed by atoms with Crippen LogP contribution in [0.1, 0.15) is 44.9 Å². The Morgan fingerprint density at radius 2 is 1.71 bits per heavy atom. The molecular formula is C30H35ClN4O10. The molecule has 1 aliphatic rings. The molecule has 0 unspecified atom stereocenters. The van der Waals surface area contributed by atoms with Crippen LogP contribution >= 0.6 is 11.6 Å². The molecule has 0 spiro atoms. The summed E-state index contributed by atoms with van der Waals surface area (Å²) in [5, 5.41) is 9.40. The molecule has 0 fully saturated rings. The van der Waals surface area contributed by atoms with Crippen molar-refractivity contribution in [3.63, 3.8) is 0 Å². The van der Waals surface area contributed by atoms with Crippen molar-refractivity contribution < 1.29 is 47.6 Å². The number of carbonyl (C=O) groups is 4. The third-order valence-corrected chi connectivity index (χ3v) is 6.30. The molecule has 1 heterocycles. The number of hydrazone groups is 1. The lowest BCUT2D eigenvalue weighted by atomic mass is 9.95. The van der Waals surface area contributed by atoms with Crippen LogP contribution in [-0.4, -0.2) is 70.2 Å². The van der Waals surface area contributed by atoms with E-state index in [4.69, 9.17) is 40.0 Å². The lowest BCUT2D eigenvalue weighted by Gasteiger charge is -2.28. The third-order valence-electron chi connectivity index (χ3n) is 6.02. The second-order valence-corrected chi connectivity index (χ2v) is 9.55. The van der Waals surface area contributed by atoms with Crippen molar-refractivity contribution in [1.82, 2.24) is 16.1 Å². The Hall–Kier alpha value is -4.98. The molecule has 242 valence electrons. The minimum atomic E-state index is -0.798. The van der Waals surface area contributed by atoms with E-state index in [1.807, 2.05) is 0 Å². The number of nitrogens with one attached hydrogen (secondary N) is 3. The van der Waals surface area contributed by atoms with Crippen LogP contribution in [-0.2, 0) is 23.9 Å². The van der Waals surface area contributed by atoms with Gasteiger partial charge in [-0.3, -0.25) is 4.79 Å². The molecule has 1 atom stereocenters. The van der Waals surface area contributed by atoms with E-state index in [-0.39, 0.29) is 53.4 Å². The van der Waals surface area contributed by atoms with E-state index in [9.17, 15) is 19.2 Å². The monoisotopic (exact) mass is 646 g/mol. The van der Waals surface area contributed by atoms with Gasteiger partial charge < -0.3 is 39.1 Å². The summed E-state index contributed by atoms with van der Waals surface area (Å²) in [5.41, 5.74) is 4.00. The standard InChI is InChI=1S/C30H35ClN4O10/c1-6-41-23-12-18(11-20(31)28(23)45-16-25(37)42-7-2)14-32-35-24(36)15-44-21-10-9-19(13-22(21)40-5)27-26(29(38)43-8-3)17(4)33-30(39)34-27/h9-14,27H,6-8,15-16H2,1-5H3,(H,35,36)(H2,33,34,39)/b32-14-/t27-/m0/s1. The SMILES string of the molecule is CCOC(=O)COc1c(Cl)cc(/C=N\NC(=O)COc2ccc([C@@H]3NC(=O)NC(C)=C3C(=O)OCC)cc2OC)cc1OCC. The van der Waals surface area contributed by atoms with E-state index in [2.05, 4.69) is 21.2 Å². The number of ether oxygens (including phenoxy) is 6. The first-order valence-corrected chi connectivity index (χ1v) is 14.3. The van der Waals surface area contributed by atoms with Crippen molar-refractivity contribution in [1.29, 1.82) is 0 Å². The van der Waals surface area contributed by atoms with Gasteiger partial charge in [0.05, 0.1) is 49.8 Å². The second-order valence-electron chi connectivity index (χ2n) is 9.14. The summed E-state index contributed by atoms with van der Waals surface area (Å²) in [5.74, 6) is -0.732. The summed E-state index contributed by atoms with van der Waals surface area (Å²) in [6, 6.07) is 6.62. The van der Waals surface area contributed by atoms with Crippen LogP contribution < -0.4 is 35.0 Å². The Bertz CT molecular complexity index is 1480. The highest BCUT2D eigenvalue weighted by Crippen LogP contribution is 2.37. The van der Waals surface area contributed by atoms with Gasteiger partial charge in [0, 0.05) is 5.70 Å². The topological polar surface area (TPSA) is 172 Å². The van der Waals surface area contributed by atoms with Crippen LogP contribution in [0.15, 0.2) is 46.7 Å². The first-order valence-electron chi connectivity index (χ1n) is 13.9. The van der Waals surface area contributed by atoms with Crippen molar-refractivity contribution >= 4 is 41.7 Å². The van der Waals surface area contributed by atoms with Crippen LogP contribution in [0.2, 0.25) is 5.02 Å². The first kappa shape index (κ1) is 34.5. The number of hydrogen-bond donors (Lipinski definition) is 3. The molecule has 1 aliphatic heterocycles. The maximum Gasteiger partial charge on any atom is 0.344 e. The Morgan fingerprint density at radius 3 is 2.40 bits per heavy atom. The molecule has 3 amide bonds. The van der Waals surface area contributed by atoms with Crippen molar-refractivity contribution in [3.8, 4) is 23.0 Å². The average molecular weight is 647 g/mol. The molecule has 0 bridgehead atoms. The number of benzene rings is 2. The first-order chi connectivity index (χ1) is 21.6. The number of carbonyl (C=O) groups excluding carboxylic acids is 4. The molecule has 2 aromatic rings. The number of halogens is 1. The molecule has 14 nitrogen and oxygen atoms in total. The van der Waals surface area contributed by atoms with Crippen molar-refractivity contribution in [2.45, 2.75) is 33.7 Å². The summed E-state index contributed by atoms with van der Waals surface area (Å²) < 4.78 is 32.2. The van der Waals surface area contributed by atoms with Gasteiger partial charge in [0.15, 0.2) is 36.2 Å². The number of hydrogen-bond acceptors (Lipinski definition) is 11. The predicted molar refractivity (Wildman–Crippen MR) is 163 cm³/mol. The zero-order chi connectivity index (χ0) is 32.9. The quantitative estimate of drug-likeness (QED) is 0.148. The van der Waals surface area contributed by atoms with Gasteiger partial charge in [-0.05, 0) is 63.1 Å². The number of rotatable bonds is 15. The molecule has 0 radical (unpaired) electrons. The van der Waals surface area contributed by atoms with E-state index in [1.165, 1.54) is 19.4 Å². The van der Waals surface area contributed by atoms with Gasteiger partial charge in [0.1, 0.15) is 0 Å². The molecule has 0 saturated heterocycles. The number of nitrogens with zero attached hydrogens (tertiary/aromatic N) is 1. The van der Waals surface area contributed by atoms with Gasteiger partial charge in [-0.25, -0.2) is 19.8 Å². The van der Waals surface area contributed by atoms with Crippen molar-refractivity contribution in [2.75, 3.05) is 40.1 Å². The van der Waals surface area contributed by atoms with E-state index in [0.717, 1.165) is 0 Å². The van der Waals surface area contributed by atoms with Crippen molar-refractivity contribution in [3.05, 3.63) is 57.8 Å². The van der Waals surface area contributed by atoms with Crippen LogP contribution in [0.5, 0.6) is 23.0 Å². The van der Waals surface area contributed by atoms with Crippen LogP contribution in [0.25, 0.3) is 0 Å². The van der Waals surface area contributed by atoms with Crippen LogP contribution in [0.4, 0.5) is 4.79 Å². The molecule has 45 heavy (non-hydrogen) atoms. The molecule has 2 aromatic carbocycles. The normalized spacial score (nSPS) is 14.3. The molecule has 0 saturated carbocycles. The third kappa shape index (κ3) is 9.50. The Kier molecular flexibility index (Phi) is 12.8. The van der Waals surface area contributed by atoms with Gasteiger partial charge in [0.25, 0.3) is 5.91 Å². The van der Waals surface area contributed by atoms with E-state index >= 15 is 0 Å². The zero-order valence-corrected chi connectivity index (χ0v) is 26.2. The minimum absolute atomic E-state index is 0.167. The smallest absolute Gasteiger partial charge is 0.344 e. The Labute approximate surface area is 265 Å². The molecule has 3 N–H and O–H groups in total. The highest BCUT2D eigenvalue weighted by molar-refractivity contribution is 6.32. The second kappa shape index (κ2) is 16.8. The number of allylic oxidation sites excluding steroid dienone is 1. The number of methoxy groups -OCH3 is 1. The fourth-order valence-electron chi connectivity index (χ4n) is 4.16. The zero-order valence-electron chi connectivity index (χ0n) is 25.5. The summed E-state index contributed by atoms with van der Waals surface area (Å²) >= 11 is 6.34.